The fourth-order valence-corrected chi connectivity index (χ4v) is 4.36. The van der Waals surface area contributed by atoms with Gasteiger partial charge in [-0.05, 0) is 43.2 Å². The van der Waals surface area contributed by atoms with Crippen LogP contribution >= 0.6 is 11.3 Å². The van der Waals surface area contributed by atoms with E-state index < -0.39 is 29.0 Å². The first-order valence-corrected chi connectivity index (χ1v) is 9.86. The number of rotatable bonds is 3. The predicted molar refractivity (Wildman–Crippen MR) is 99.8 cm³/mol. The molecular weight excluding hydrogens is 392 g/mol. The fraction of sp³-hybridized carbons (Fsp3) is 0.500. The molecule has 1 fully saturated rings. The van der Waals surface area contributed by atoms with Gasteiger partial charge in [0.1, 0.15) is 5.82 Å². The molecular formula is C20H22F4N2OS. The van der Waals surface area contributed by atoms with Crippen LogP contribution in [0.4, 0.5) is 17.6 Å². The normalized spacial score (nSPS) is 15.9. The first-order valence-electron chi connectivity index (χ1n) is 9.05. The number of alkyl halides is 3. The Morgan fingerprint density at radius 1 is 1.25 bits per heavy atom. The lowest BCUT2D eigenvalue weighted by Crippen LogP contribution is -2.21. The molecule has 1 aromatic heterocycles. The van der Waals surface area contributed by atoms with E-state index in [-0.39, 0.29) is 5.41 Å². The minimum absolute atomic E-state index is 0.202. The maximum absolute atomic E-state index is 14.1. The Balaban J connectivity index is 2.15. The van der Waals surface area contributed by atoms with Gasteiger partial charge in [0, 0.05) is 17.1 Å². The van der Waals surface area contributed by atoms with E-state index in [0.29, 0.717) is 23.3 Å². The summed E-state index contributed by atoms with van der Waals surface area (Å²) in [6, 6.07) is 2.48. The zero-order chi connectivity index (χ0) is 20.9. The standard InChI is InChI=1S/C20H22F4N2OS/c1-11-16(19(2,3)4)28-18(26(11)10-12-8-9-12)25-17(27)15-13(20(22,23)24)6-5-7-14(15)21/h5-7,12H,8-10H2,1-4H3/b25-18-. The highest BCUT2D eigenvalue weighted by Gasteiger charge is 2.37. The van der Waals surface area contributed by atoms with Crippen LogP contribution < -0.4 is 4.80 Å². The summed E-state index contributed by atoms with van der Waals surface area (Å²) in [6.45, 7) is 8.66. The molecule has 0 spiro atoms. The number of carbonyl (C=O) groups is 1. The summed E-state index contributed by atoms with van der Waals surface area (Å²) in [5.41, 5.74) is -1.59. The molecule has 28 heavy (non-hydrogen) atoms. The molecule has 0 saturated heterocycles. The number of halogens is 4. The highest BCUT2D eigenvalue weighted by atomic mass is 32.1. The molecule has 1 aliphatic rings. The Morgan fingerprint density at radius 3 is 2.43 bits per heavy atom. The molecule has 1 saturated carbocycles. The van der Waals surface area contributed by atoms with E-state index in [1.165, 1.54) is 11.3 Å². The average Bonchev–Trinajstić information content (AvgIpc) is 3.32. The number of thiazole rings is 1. The van der Waals surface area contributed by atoms with Gasteiger partial charge in [-0.15, -0.1) is 11.3 Å². The molecule has 8 heteroatoms. The summed E-state index contributed by atoms with van der Waals surface area (Å²) >= 11 is 1.28. The van der Waals surface area contributed by atoms with E-state index in [1.807, 2.05) is 32.3 Å². The van der Waals surface area contributed by atoms with Crippen molar-refractivity contribution in [3.05, 3.63) is 50.5 Å². The van der Waals surface area contributed by atoms with Crippen LogP contribution in [0.25, 0.3) is 0 Å². The Hall–Kier alpha value is -1.96. The van der Waals surface area contributed by atoms with Gasteiger partial charge >= 0.3 is 6.18 Å². The van der Waals surface area contributed by atoms with Crippen molar-refractivity contribution in [1.29, 1.82) is 0 Å². The van der Waals surface area contributed by atoms with Gasteiger partial charge in [-0.1, -0.05) is 26.8 Å². The van der Waals surface area contributed by atoms with Gasteiger partial charge in [0.05, 0.1) is 11.1 Å². The van der Waals surface area contributed by atoms with Crippen molar-refractivity contribution in [2.75, 3.05) is 0 Å². The van der Waals surface area contributed by atoms with Gasteiger partial charge in [0.2, 0.25) is 0 Å². The quantitative estimate of drug-likeness (QED) is 0.614. The van der Waals surface area contributed by atoms with Crippen LogP contribution in [-0.4, -0.2) is 10.5 Å². The molecule has 1 amide bonds. The molecule has 0 unspecified atom stereocenters. The number of aromatic nitrogens is 1. The number of hydrogen-bond acceptors (Lipinski definition) is 2. The average molecular weight is 414 g/mol. The molecule has 0 atom stereocenters. The van der Waals surface area contributed by atoms with Gasteiger partial charge in [-0.2, -0.15) is 18.2 Å². The van der Waals surface area contributed by atoms with Gasteiger partial charge in [0.15, 0.2) is 4.80 Å². The predicted octanol–water partition coefficient (Wildman–Crippen LogP) is 5.46. The maximum Gasteiger partial charge on any atom is 0.417 e. The number of carbonyl (C=O) groups excluding carboxylic acids is 1. The fourth-order valence-electron chi connectivity index (χ4n) is 3.16. The molecule has 0 radical (unpaired) electrons. The van der Waals surface area contributed by atoms with Crippen molar-refractivity contribution < 1.29 is 22.4 Å². The summed E-state index contributed by atoms with van der Waals surface area (Å²) in [4.78, 5) is 17.9. The SMILES string of the molecule is Cc1c(C(C)(C)C)s/c(=N\C(=O)c2c(F)cccc2C(F)(F)F)n1CC1CC1. The minimum Gasteiger partial charge on any atom is -0.320 e. The van der Waals surface area contributed by atoms with Crippen LogP contribution in [0.1, 0.15) is 60.1 Å². The van der Waals surface area contributed by atoms with Gasteiger partial charge < -0.3 is 4.57 Å². The third-order valence-electron chi connectivity index (χ3n) is 4.71. The third-order valence-corrected chi connectivity index (χ3v) is 6.31. The van der Waals surface area contributed by atoms with Crippen LogP contribution in [0.2, 0.25) is 0 Å². The van der Waals surface area contributed by atoms with E-state index in [2.05, 4.69) is 4.99 Å². The highest BCUT2D eigenvalue weighted by molar-refractivity contribution is 7.09. The van der Waals surface area contributed by atoms with E-state index in [0.717, 1.165) is 35.5 Å². The van der Waals surface area contributed by atoms with Crippen molar-refractivity contribution in [1.82, 2.24) is 4.57 Å². The number of hydrogen-bond donors (Lipinski definition) is 0. The Kier molecular flexibility index (Phi) is 5.29. The van der Waals surface area contributed by atoms with Crippen LogP contribution in [-0.2, 0) is 18.1 Å². The lowest BCUT2D eigenvalue weighted by Gasteiger charge is -2.17. The minimum atomic E-state index is -4.84. The van der Waals surface area contributed by atoms with E-state index in [1.54, 1.807) is 0 Å². The van der Waals surface area contributed by atoms with Crippen molar-refractivity contribution in [3.63, 3.8) is 0 Å². The smallest absolute Gasteiger partial charge is 0.320 e. The zero-order valence-electron chi connectivity index (χ0n) is 16.2. The summed E-state index contributed by atoms with van der Waals surface area (Å²) < 4.78 is 55.8. The van der Waals surface area contributed by atoms with Crippen LogP contribution in [0.15, 0.2) is 23.2 Å². The monoisotopic (exact) mass is 414 g/mol. The Bertz CT molecular complexity index is 976. The third kappa shape index (κ3) is 4.21. The number of amides is 1. The molecule has 0 bridgehead atoms. The first-order chi connectivity index (χ1) is 12.9. The summed E-state index contributed by atoms with van der Waals surface area (Å²) in [5, 5.41) is 0. The molecule has 1 heterocycles. The van der Waals surface area contributed by atoms with Crippen molar-refractivity contribution in [3.8, 4) is 0 Å². The van der Waals surface area contributed by atoms with Crippen molar-refractivity contribution >= 4 is 17.2 Å². The molecule has 3 rings (SSSR count). The van der Waals surface area contributed by atoms with Crippen LogP contribution in [0.3, 0.4) is 0 Å². The number of nitrogens with zero attached hydrogens (tertiary/aromatic N) is 2. The second-order valence-electron chi connectivity index (χ2n) is 8.18. The first kappa shape index (κ1) is 20.8. The lowest BCUT2D eigenvalue weighted by atomic mass is 9.93. The second-order valence-corrected chi connectivity index (χ2v) is 9.16. The molecule has 1 aliphatic carbocycles. The zero-order valence-corrected chi connectivity index (χ0v) is 17.0. The van der Waals surface area contributed by atoms with Crippen LogP contribution in [0.5, 0.6) is 0 Å². The van der Waals surface area contributed by atoms with Gasteiger partial charge in [-0.3, -0.25) is 4.79 Å². The van der Waals surface area contributed by atoms with E-state index >= 15 is 0 Å². The number of benzene rings is 1. The Morgan fingerprint density at radius 2 is 1.89 bits per heavy atom. The summed E-state index contributed by atoms with van der Waals surface area (Å²) in [5.74, 6) is -1.95. The second kappa shape index (κ2) is 7.13. The van der Waals surface area contributed by atoms with E-state index in [9.17, 15) is 22.4 Å². The molecule has 3 nitrogen and oxygen atoms in total. The van der Waals surface area contributed by atoms with Crippen LogP contribution in [0, 0.1) is 18.7 Å². The largest absolute Gasteiger partial charge is 0.417 e. The highest BCUT2D eigenvalue weighted by Crippen LogP contribution is 2.35. The molecule has 0 aliphatic heterocycles. The van der Waals surface area contributed by atoms with Gasteiger partial charge in [-0.25, -0.2) is 4.39 Å². The Labute approximate surface area is 164 Å². The van der Waals surface area contributed by atoms with Crippen molar-refractivity contribution in [2.24, 2.45) is 10.9 Å². The lowest BCUT2D eigenvalue weighted by molar-refractivity contribution is -0.138. The summed E-state index contributed by atoms with van der Waals surface area (Å²) in [6.07, 6.45) is -2.69. The van der Waals surface area contributed by atoms with Crippen molar-refractivity contribution in [2.45, 2.75) is 58.7 Å². The maximum atomic E-state index is 14.1. The van der Waals surface area contributed by atoms with Gasteiger partial charge in [0.25, 0.3) is 5.91 Å². The topological polar surface area (TPSA) is 34.4 Å². The van der Waals surface area contributed by atoms with E-state index in [4.69, 9.17) is 0 Å². The molecule has 0 N–H and O–H groups in total. The molecule has 2 aromatic rings. The summed E-state index contributed by atoms with van der Waals surface area (Å²) in [7, 11) is 0. The molecule has 1 aromatic carbocycles. The molecule has 152 valence electrons.